The van der Waals surface area contributed by atoms with E-state index in [0.717, 1.165) is 29.8 Å². The lowest BCUT2D eigenvalue weighted by atomic mass is 10.00. The van der Waals surface area contributed by atoms with Gasteiger partial charge >= 0.3 is 0 Å². The van der Waals surface area contributed by atoms with Crippen molar-refractivity contribution in [3.8, 4) is 6.07 Å². The summed E-state index contributed by atoms with van der Waals surface area (Å²) in [5, 5.41) is 10.8. The molecule has 1 fully saturated rings. The molecule has 20 heavy (non-hydrogen) atoms. The van der Waals surface area contributed by atoms with Gasteiger partial charge in [0, 0.05) is 23.5 Å². The van der Waals surface area contributed by atoms with E-state index in [1.165, 1.54) is 12.8 Å². The summed E-state index contributed by atoms with van der Waals surface area (Å²) in [5.74, 6) is 1.58. The summed E-state index contributed by atoms with van der Waals surface area (Å²) < 4.78 is 0. The molecule has 1 aromatic carbocycles. The van der Waals surface area contributed by atoms with Crippen LogP contribution in [0.1, 0.15) is 25.3 Å². The van der Waals surface area contributed by atoms with Gasteiger partial charge < -0.3 is 4.90 Å². The number of pyridine rings is 1. The minimum absolute atomic E-state index is 0.634. The average molecular weight is 286 g/mol. The van der Waals surface area contributed by atoms with Crippen molar-refractivity contribution in [1.82, 2.24) is 4.98 Å². The van der Waals surface area contributed by atoms with Gasteiger partial charge in [-0.3, -0.25) is 0 Å². The number of benzene rings is 1. The lowest BCUT2D eigenvalue weighted by Gasteiger charge is -2.32. The standard InChI is InChI=1S/C16H16ClN3/c1-11-3-2-6-20(10-11)16-7-12(9-18)14-8-13(17)4-5-15(14)19-16/h4-5,7-8,11H,2-3,6,10H2,1H3/t11-/m1/s1. The number of nitriles is 1. The molecule has 0 spiro atoms. The van der Waals surface area contributed by atoms with Crippen molar-refractivity contribution in [1.29, 1.82) is 5.26 Å². The minimum Gasteiger partial charge on any atom is -0.356 e. The third-order valence-corrected chi connectivity index (χ3v) is 4.09. The topological polar surface area (TPSA) is 39.9 Å². The number of hydrogen-bond acceptors (Lipinski definition) is 3. The molecule has 1 saturated heterocycles. The zero-order valence-corrected chi connectivity index (χ0v) is 12.2. The first-order chi connectivity index (χ1) is 9.67. The SMILES string of the molecule is C[C@@H]1CCCN(c2cc(C#N)c3cc(Cl)ccc3n2)C1. The largest absolute Gasteiger partial charge is 0.356 e. The van der Waals surface area contributed by atoms with Gasteiger partial charge in [0.25, 0.3) is 0 Å². The second-order valence-corrected chi connectivity index (χ2v) is 5.93. The number of anilines is 1. The molecule has 2 heterocycles. The first-order valence-corrected chi connectivity index (χ1v) is 7.30. The van der Waals surface area contributed by atoms with Crippen LogP contribution >= 0.6 is 11.6 Å². The van der Waals surface area contributed by atoms with E-state index in [4.69, 9.17) is 16.6 Å². The van der Waals surface area contributed by atoms with E-state index in [1.54, 1.807) is 0 Å². The molecule has 4 heteroatoms. The lowest BCUT2D eigenvalue weighted by molar-refractivity contribution is 0.445. The predicted molar refractivity (Wildman–Crippen MR) is 82.1 cm³/mol. The maximum atomic E-state index is 9.36. The van der Waals surface area contributed by atoms with E-state index in [1.807, 2.05) is 24.3 Å². The van der Waals surface area contributed by atoms with Crippen LogP contribution in [0.4, 0.5) is 5.82 Å². The highest BCUT2D eigenvalue weighted by Crippen LogP contribution is 2.27. The van der Waals surface area contributed by atoms with Crippen molar-refractivity contribution < 1.29 is 0 Å². The summed E-state index contributed by atoms with van der Waals surface area (Å²) in [5.41, 5.74) is 1.48. The van der Waals surface area contributed by atoms with Crippen LogP contribution in [0, 0.1) is 17.2 Å². The Morgan fingerprint density at radius 1 is 1.40 bits per heavy atom. The zero-order chi connectivity index (χ0) is 14.1. The van der Waals surface area contributed by atoms with Crippen molar-refractivity contribution in [2.24, 2.45) is 5.92 Å². The van der Waals surface area contributed by atoms with E-state index in [2.05, 4.69) is 17.9 Å². The molecular weight excluding hydrogens is 270 g/mol. The Bertz CT molecular complexity index is 690. The van der Waals surface area contributed by atoms with Crippen molar-refractivity contribution in [3.63, 3.8) is 0 Å². The second kappa shape index (κ2) is 5.30. The summed E-state index contributed by atoms with van der Waals surface area (Å²) in [7, 11) is 0. The van der Waals surface area contributed by atoms with Crippen LogP contribution in [0.15, 0.2) is 24.3 Å². The van der Waals surface area contributed by atoms with E-state index in [9.17, 15) is 5.26 Å². The van der Waals surface area contributed by atoms with Gasteiger partial charge in [-0.1, -0.05) is 18.5 Å². The van der Waals surface area contributed by atoms with E-state index >= 15 is 0 Å². The summed E-state index contributed by atoms with van der Waals surface area (Å²) in [4.78, 5) is 6.98. The number of piperidine rings is 1. The molecule has 0 radical (unpaired) electrons. The first kappa shape index (κ1) is 13.2. The predicted octanol–water partition coefficient (Wildman–Crippen LogP) is 4.00. The Labute approximate surface area is 123 Å². The third-order valence-electron chi connectivity index (χ3n) is 3.86. The second-order valence-electron chi connectivity index (χ2n) is 5.49. The Morgan fingerprint density at radius 3 is 3.00 bits per heavy atom. The fourth-order valence-corrected chi connectivity index (χ4v) is 3.01. The van der Waals surface area contributed by atoms with E-state index in [0.29, 0.717) is 16.5 Å². The number of halogens is 1. The fraction of sp³-hybridized carbons (Fsp3) is 0.375. The van der Waals surface area contributed by atoms with Gasteiger partial charge in [0.05, 0.1) is 17.1 Å². The molecule has 0 saturated carbocycles. The van der Waals surface area contributed by atoms with Crippen LogP contribution in [-0.4, -0.2) is 18.1 Å². The molecule has 3 nitrogen and oxygen atoms in total. The van der Waals surface area contributed by atoms with Gasteiger partial charge in [0.2, 0.25) is 0 Å². The number of fused-ring (bicyclic) bond motifs is 1. The van der Waals surface area contributed by atoms with E-state index in [-0.39, 0.29) is 0 Å². The maximum Gasteiger partial charge on any atom is 0.130 e. The molecule has 0 unspecified atom stereocenters. The number of rotatable bonds is 1. The van der Waals surface area contributed by atoms with Gasteiger partial charge in [0.15, 0.2) is 0 Å². The molecule has 1 atom stereocenters. The van der Waals surface area contributed by atoms with Gasteiger partial charge in [-0.2, -0.15) is 5.26 Å². The summed E-state index contributed by atoms with van der Waals surface area (Å²) in [6.45, 7) is 4.29. The molecule has 1 aliphatic rings. The maximum absolute atomic E-state index is 9.36. The minimum atomic E-state index is 0.634. The highest BCUT2D eigenvalue weighted by Gasteiger charge is 2.19. The summed E-state index contributed by atoms with van der Waals surface area (Å²) >= 11 is 6.01. The van der Waals surface area contributed by atoms with Gasteiger partial charge in [-0.05, 0) is 43.0 Å². The molecule has 3 rings (SSSR count). The third kappa shape index (κ3) is 2.44. The Kier molecular flexibility index (Phi) is 3.50. The molecule has 2 aromatic rings. The molecule has 1 aliphatic heterocycles. The molecule has 0 bridgehead atoms. The molecule has 0 amide bonds. The average Bonchev–Trinajstić information content (AvgIpc) is 2.46. The van der Waals surface area contributed by atoms with Crippen LogP contribution in [0.3, 0.4) is 0 Å². The normalized spacial score (nSPS) is 19.1. The summed E-state index contributed by atoms with van der Waals surface area (Å²) in [6, 6.07) is 9.66. The first-order valence-electron chi connectivity index (χ1n) is 6.93. The molecular formula is C16H16ClN3. The molecule has 0 aliphatic carbocycles. The van der Waals surface area contributed by atoms with Crippen LogP contribution in [0.2, 0.25) is 5.02 Å². The highest BCUT2D eigenvalue weighted by molar-refractivity contribution is 6.31. The highest BCUT2D eigenvalue weighted by atomic mass is 35.5. The van der Waals surface area contributed by atoms with Gasteiger partial charge in [-0.25, -0.2) is 4.98 Å². The van der Waals surface area contributed by atoms with Crippen LogP contribution in [-0.2, 0) is 0 Å². The Morgan fingerprint density at radius 2 is 2.25 bits per heavy atom. The molecule has 0 N–H and O–H groups in total. The lowest BCUT2D eigenvalue weighted by Crippen LogP contribution is -2.34. The fourth-order valence-electron chi connectivity index (χ4n) is 2.84. The number of hydrogen-bond donors (Lipinski definition) is 0. The molecule has 102 valence electrons. The quantitative estimate of drug-likeness (QED) is 0.795. The van der Waals surface area contributed by atoms with Crippen molar-refractivity contribution in [3.05, 3.63) is 34.9 Å². The van der Waals surface area contributed by atoms with Crippen molar-refractivity contribution in [2.45, 2.75) is 19.8 Å². The smallest absolute Gasteiger partial charge is 0.130 e. The van der Waals surface area contributed by atoms with Crippen LogP contribution in [0.5, 0.6) is 0 Å². The molecule has 1 aromatic heterocycles. The van der Waals surface area contributed by atoms with Gasteiger partial charge in [0.1, 0.15) is 5.82 Å². The van der Waals surface area contributed by atoms with Gasteiger partial charge in [-0.15, -0.1) is 0 Å². The van der Waals surface area contributed by atoms with Crippen molar-refractivity contribution in [2.75, 3.05) is 18.0 Å². The Balaban J connectivity index is 2.09. The monoisotopic (exact) mass is 285 g/mol. The zero-order valence-electron chi connectivity index (χ0n) is 11.4. The van der Waals surface area contributed by atoms with Crippen LogP contribution in [0.25, 0.3) is 10.9 Å². The number of nitrogens with zero attached hydrogens (tertiary/aromatic N) is 3. The Hall–Kier alpha value is -1.79. The van der Waals surface area contributed by atoms with Crippen molar-refractivity contribution >= 4 is 28.3 Å². The summed E-state index contributed by atoms with van der Waals surface area (Å²) in [6.07, 6.45) is 2.45. The number of aromatic nitrogens is 1. The van der Waals surface area contributed by atoms with E-state index < -0.39 is 0 Å². The van der Waals surface area contributed by atoms with Crippen LogP contribution < -0.4 is 4.90 Å².